The van der Waals surface area contributed by atoms with Crippen molar-refractivity contribution in [2.24, 2.45) is 0 Å². The molecule has 1 aromatic rings. The lowest BCUT2D eigenvalue weighted by Gasteiger charge is -2.27. The zero-order valence-electron chi connectivity index (χ0n) is 11.6. The summed E-state index contributed by atoms with van der Waals surface area (Å²) in [7, 11) is 0. The van der Waals surface area contributed by atoms with Gasteiger partial charge in [-0.2, -0.15) is 0 Å². The van der Waals surface area contributed by atoms with Gasteiger partial charge in [-0.25, -0.2) is 0 Å². The Bertz CT molecular complexity index is 344. The average molecular weight is 267 g/mol. The van der Waals surface area contributed by atoms with Crippen LogP contribution in [-0.2, 0) is 4.74 Å². The molecular formula is C15H25NOS. The Hall–Kier alpha value is -0.380. The first-order valence-corrected chi connectivity index (χ1v) is 8.08. The van der Waals surface area contributed by atoms with Crippen molar-refractivity contribution in [2.45, 2.75) is 58.1 Å². The molecule has 0 spiro atoms. The van der Waals surface area contributed by atoms with Gasteiger partial charge in [-0.3, -0.25) is 0 Å². The summed E-state index contributed by atoms with van der Waals surface area (Å²) in [6.45, 7) is 6.49. The van der Waals surface area contributed by atoms with Crippen LogP contribution in [0, 0.1) is 6.92 Å². The highest BCUT2D eigenvalue weighted by Crippen LogP contribution is 2.30. The molecule has 0 amide bonds. The molecule has 2 heterocycles. The van der Waals surface area contributed by atoms with E-state index in [1.165, 1.54) is 36.1 Å². The molecule has 1 N–H and O–H groups in total. The van der Waals surface area contributed by atoms with Crippen LogP contribution in [0.15, 0.2) is 11.4 Å². The monoisotopic (exact) mass is 267 g/mol. The Balaban J connectivity index is 1.98. The van der Waals surface area contributed by atoms with Gasteiger partial charge in [0.2, 0.25) is 0 Å². The molecule has 1 fully saturated rings. The van der Waals surface area contributed by atoms with Crippen molar-refractivity contribution in [3.05, 3.63) is 21.9 Å². The van der Waals surface area contributed by atoms with Gasteiger partial charge in [0.25, 0.3) is 0 Å². The molecule has 2 unspecified atom stereocenters. The largest absolute Gasteiger partial charge is 0.378 e. The highest BCUT2D eigenvalue weighted by Gasteiger charge is 2.22. The van der Waals surface area contributed by atoms with Crippen molar-refractivity contribution in [1.29, 1.82) is 0 Å². The Morgan fingerprint density at radius 1 is 1.50 bits per heavy atom. The van der Waals surface area contributed by atoms with E-state index >= 15 is 0 Å². The maximum absolute atomic E-state index is 5.89. The Morgan fingerprint density at radius 3 is 3.00 bits per heavy atom. The van der Waals surface area contributed by atoms with Gasteiger partial charge >= 0.3 is 0 Å². The molecule has 1 aromatic heterocycles. The SMILES string of the molecule is CCCNC(CC1CCCCO1)c1sccc1C. The highest BCUT2D eigenvalue weighted by molar-refractivity contribution is 7.10. The van der Waals surface area contributed by atoms with E-state index in [0.29, 0.717) is 12.1 Å². The van der Waals surface area contributed by atoms with Crippen LogP contribution in [0.3, 0.4) is 0 Å². The highest BCUT2D eigenvalue weighted by atomic mass is 32.1. The zero-order chi connectivity index (χ0) is 12.8. The van der Waals surface area contributed by atoms with E-state index < -0.39 is 0 Å². The maximum atomic E-state index is 5.89. The lowest BCUT2D eigenvalue weighted by atomic mass is 9.99. The summed E-state index contributed by atoms with van der Waals surface area (Å²) in [4.78, 5) is 1.50. The molecule has 2 atom stereocenters. The molecule has 2 nitrogen and oxygen atoms in total. The normalized spacial score (nSPS) is 22.0. The van der Waals surface area contributed by atoms with E-state index in [2.05, 4.69) is 30.6 Å². The maximum Gasteiger partial charge on any atom is 0.0593 e. The second-order valence-corrected chi connectivity index (χ2v) is 6.15. The van der Waals surface area contributed by atoms with Crippen LogP contribution >= 0.6 is 11.3 Å². The minimum atomic E-state index is 0.453. The van der Waals surface area contributed by atoms with Crippen LogP contribution in [0.2, 0.25) is 0 Å². The van der Waals surface area contributed by atoms with Crippen LogP contribution in [0.4, 0.5) is 0 Å². The Morgan fingerprint density at radius 2 is 2.39 bits per heavy atom. The molecule has 0 aliphatic carbocycles. The summed E-state index contributed by atoms with van der Waals surface area (Å²) < 4.78 is 5.89. The van der Waals surface area contributed by atoms with Gasteiger partial charge in [0.05, 0.1) is 6.10 Å². The quantitative estimate of drug-likeness (QED) is 0.839. The van der Waals surface area contributed by atoms with Crippen molar-refractivity contribution in [2.75, 3.05) is 13.2 Å². The van der Waals surface area contributed by atoms with Crippen molar-refractivity contribution in [3.63, 3.8) is 0 Å². The number of hydrogen-bond acceptors (Lipinski definition) is 3. The van der Waals surface area contributed by atoms with Crippen molar-refractivity contribution >= 4 is 11.3 Å². The molecule has 0 aromatic carbocycles. The molecular weight excluding hydrogens is 242 g/mol. The predicted molar refractivity (Wildman–Crippen MR) is 78.3 cm³/mol. The smallest absolute Gasteiger partial charge is 0.0593 e. The summed E-state index contributed by atoms with van der Waals surface area (Å²) in [6, 6.07) is 2.70. The van der Waals surface area contributed by atoms with Gasteiger partial charge in [0, 0.05) is 17.5 Å². The van der Waals surface area contributed by atoms with Crippen LogP contribution in [0.1, 0.15) is 55.5 Å². The third-order valence-electron chi connectivity index (χ3n) is 3.63. The molecule has 1 aliphatic heterocycles. The zero-order valence-corrected chi connectivity index (χ0v) is 12.4. The molecule has 3 heteroatoms. The first kappa shape index (κ1) is 14.0. The van der Waals surface area contributed by atoms with Crippen LogP contribution in [0.25, 0.3) is 0 Å². The first-order chi connectivity index (χ1) is 8.81. The molecule has 1 aliphatic rings. The summed E-state index contributed by atoms with van der Waals surface area (Å²) in [5.41, 5.74) is 1.42. The van der Waals surface area contributed by atoms with Gasteiger partial charge in [-0.05, 0) is 62.6 Å². The number of hydrogen-bond donors (Lipinski definition) is 1. The van der Waals surface area contributed by atoms with Crippen LogP contribution < -0.4 is 5.32 Å². The summed E-state index contributed by atoms with van der Waals surface area (Å²) in [5, 5.41) is 5.89. The first-order valence-electron chi connectivity index (χ1n) is 7.20. The summed E-state index contributed by atoms with van der Waals surface area (Å²) in [6.07, 6.45) is 6.56. The van der Waals surface area contributed by atoms with Crippen molar-refractivity contribution in [3.8, 4) is 0 Å². The lowest BCUT2D eigenvalue weighted by molar-refractivity contribution is 0.00523. The van der Waals surface area contributed by atoms with Gasteiger partial charge < -0.3 is 10.1 Å². The van der Waals surface area contributed by atoms with E-state index in [1.54, 1.807) is 0 Å². The topological polar surface area (TPSA) is 21.3 Å². The Kier molecular flexibility index (Phi) is 5.67. The van der Waals surface area contributed by atoms with E-state index in [1.807, 2.05) is 11.3 Å². The average Bonchev–Trinajstić information content (AvgIpc) is 2.82. The van der Waals surface area contributed by atoms with Gasteiger partial charge in [-0.15, -0.1) is 11.3 Å². The number of ether oxygens (including phenoxy) is 1. The number of thiophene rings is 1. The summed E-state index contributed by atoms with van der Waals surface area (Å²) in [5.74, 6) is 0. The van der Waals surface area contributed by atoms with Crippen LogP contribution in [-0.4, -0.2) is 19.3 Å². The fourth-order valence-corrected chi connectivity index (χ4v) is 3.62. The predicted octanol–water partition coefficient (Wildman–Crippen LogP) is 4.06. The van der Waals surface area contributed by atoms with Gasteiger partial charge in [0.15, 0.2) is 0 Å². The molecule has 18 heavy (non-hydrogen) atoms. The third-order valence-corrected chi connectivity index (χ3v) is 4.76. The van der Waals surface area contributed by atoms with Gasteiger partial charge in [-0.1, -0.05) is 6.92 Å². The van der Waals surface area contributed by atoms with E-state index in [4.69, 9.17) is 4.74 Å². The second kappa shape index (κ2) is 7.27. The fraction of sp³-hybridized carbons (Fsp3) is 0.733. The van der Waals surface area contributed by atoms with Crippen molar-refractivity contribution in [1.82, 2.24) is 5.32 Å². The fourth-order valence-electron chi connectivity index (χ4n) is 2.60. The van der Waals surface area contributed by atoms with E-state index in [9.17, 15) is 0 Å². The molecule has 0 bridgehead atoms. The molecule has 0 radical (unpaired) electrons. The van der Waals surface area contributed by atoms with E-state index in [0.717, 1.165) is 19.6 Å². The number of rotatable bonds is 6. The number of aryl methyl sites for hydroxylation is 1. The lowest BCUT2D eigenvalue weighted by Crippen LogP contribution is -2.29. The molecule has 0 saturated carbocycles. The minimum Gasteiger partial charge on any atom is -0.378 e. The number of nitrogens with one attached hydrogen (secondary N) is 1. The molecule has 2 rings (SSSR count). The van der Waals surface area contributed by atoms with Crippen LogP contribution in [0.5, 0.6) is 0 Å². The van der Waals surface area contributed by atoms with E-state index in [-0.39, 0.29) is 0 Å². The molecule has 1 saturated heterocycles. The minimum absolute atomic E-state index is 0.453. The van der Waals surface area contributed by atoms with Crippen molar-refractivity contribution < 1.29 is 4.74 Å². The van der Waals surface area contributed by atoms with Gasteiger partial charge in [0.1, 0.15) is 0 Å². The second-order valence-electron chi connectivity index (χ2n) is 5.20. The molecule has 102 valence electrons. The Labute approximate surface area is 115 Å². The third kappa shape index (κ3) is 3.81. The summed E-state index contributed by atoms with van der Waals surface area (Å²) >= 11 is 1.88. The standard InChI is InChI=1S/C15H25NOS/c1-3-8-16-14(15-12(2)7-10-18-15)11-13-6-4-5-9-17-13/h7,10,13-14,16H,3-6,8-9,11H2,1-2H3.